The van der Waals surface area contributed by atoms with Gasteiger partial charge in [0.1, 0.15) is 5.75 Å². The van der Waals surface area contributed by atoms with Crippen molar-refractivity contribution in [3.8, 4) is 5.75 Å². The Balaban J connectivity index is 2.95. The van der Waals surface area contributed by atoms with Crippen molar-refractivity contribution in [2.24, 2.45) is 0 Å². The molecule has 1 aromatic rings. The topological polar surface area (TPSA) is 20.2 Å². The smallest absolute Gasteiger partial charge is 0.121 e. The number of aromatic hydroxyl groups is 1. The zero-order valence-electron chi connectivity index (χ0n) is 12.3. The van der Waals surface area contributed by atoms with Crippen LogP contribution in [0.1, 0.15) is 69.6 Å². The molecule has 0 amide bonds. The first-order valence-corrected chi connectivity index (χ1v) is 7.56. The monoisotopic (exact) mass is 248 g/mol. The molecule has 0 aromatic heterocycles. The predicted molar refractivity (Wildman–Crippen MR) is 79.3 cm³/mol. The second-order valence-corrected chi connectivity index (χ2v) is 5.22. The fourth-order valence-corrected chi connectivity index (χ4v) is 2.38. The molecule has 1 nitrogen and oxygen atoms in total. The molecular weight excluding hydrogens is 220 g/mol. The highest BCUT2D eigenvalue weighted by Crippen LogP contribution is 2.28. The van der Waals surface area contributed by atoms with E-state index in [0.717, 1.165) is 43.2 Å². The van der Waals surface area contributed by atoms with Crippen LogP contribution in [0.5, 0.6) is 5.75 Å². The third kappa shape index (κ3) is 4.36. The maximum absolute atomic E-state index is 10.3. The lowest BCUT2D eigenvalue weighted by Crippen LogP contribution is -1.96. The molecule has 1 aromatic carbocycles. The van der Waals surface area contributed by atoms with Crippen molar-refractivity contribution >= 4 is 0 Å². The quantitative estimate of drug-likeness (QED) is 0.684. The summed E-state index contributed by atoms with van der Waals surface area (Å²) in [7, 11) is 0. The Morgan fingerprint density at radius 2 is 1.28 bits per heavy atom. The zero-order chi connectivity index (χ0) is 13.4. The standard InChI is InChI=1S/C17H28O/c1-4-7-10-15-12-14(9-6-3)13-16(17(15)18)11-8-5-2/h12-13,18H,4-11H2,1-3H3. The van der Waals surface area contributed by atoms with Gasteiger partial charge in [0.15, 0.2) is 0 Å². The molecular formula is C17H28O. The predicted octanol–water partition coefficient (Wildman–Crippen LogP) is 5.03. The van der Waals surface area contributed by atoms with Gasteiger partial charge in [0.05, 0.1) is 0 Å². The fourth-order valence-electron chi connectivity index (χ4n) is 2.38. The molecule has 1 N–H and O–H groups in total. The molecule has 1 rings (SSSR count). The summed E-state index contributed by atoms with van der Waals surface area (Å²) in [5.41, 5.74) is 3.72. The van der Waals surface area contributed by atoms with Crippen molar-refractivity contribution in [2.45, 2.75) is 72.1 Å². The van der Waals surface area contributed by atoms with Crippen molar-refractivity contribution in [1.82, 2.24) is 0 Å². The van der Waals surface area contributed by atoms with Crippen LogP contribution in [0.2, 0.25) is 0 Å². The largest absolute Gasteiger partial charge is 0.507 e. The van der Waals surface area contributed by atoms with Gasteiger partial charge in [-0.25, -0.2) is 0 Å². The first kappa shape index (κ1) is 15.1. The van der Waals surface area contributed by atoms with Crippen LogP contribution in [0.4, 0.5) is 0 Å². The fraction of sp³-hybridized carbons (Fsp3) is 0.647. The molecule has 0 aliphatic rings. The second-order valence-electron chi connectivity index (χ2n) is 5.22. The van der Waals surface area contributed by atoms with E-state index in [-0.39, 0.29) is 0 Å². The Bertz CT molecular complexity index is 326. The van der Waals surface area contributed by atoms with E-state index in [1.54, 1.807) is 0 Å². The summed E-state index contributed by atoms with van der Waals surface area (Å²) in [5.74, 6) is 0.566. The summed E-state index contributed by atoms with van der Waals surface area (Å²) in [4.78, 5) is 0. The van der Waals surface area contributed by atoms with Gasteiger partial charge in [-0.3, -0.25) is 0 Å². The lowest BCUT2D eigenvalue weighted by Gasteiger charge is -2.13. The summed E-state index contributed by atoms with van der Waals surface area (Å²) in [6.45, 7) is 6.61. The first-order chi connectivity index (χ1) is 8.72. The summed E-state index contributed by atoms with van der Waals surface area (Å²) in [6, 6.07) is 4.42. The van der Waals surface area contributed by atoms with Crippen LogP contribution in [0.15, 0.2) is 12.1 Å². The van der Waals surface area contributed by atoms with E-state index in [1.165, 1.54) is 24.8 Å². The van der Waals surface area contributed by atoms with E-state index in [9.17, 15) is 5.11 Å². The van der Waals surface area contributed by atoms with Crippen molar-refractivity contribution < 1.29 is 5.11 Å². The van der Waals surface area contributed by atoms with E-state index in [2.05, 4.69) is 32.9 Å². The van der Waals surface area contributed by atoms with Crippen LogP contribution in [-0.4, -0.2) is 5.11 Å². The first-order valence-electron chi connectivity index (χ1n) is 7.56. The molecule has 1 heteroatoms. The molecule has 0 aliphatic heterocycles. The third-order valence-electron chi connectivity index (χ3n) is 3.47. The average Bonchev–Trinajstić information content (AvgIpc) is 2.37. The van der Waals surface area contributed by atoms with Crippen LogP contribution in [0, 0.1) is 0 Å². The lowest BCUT2D eigenvalue weighted by molar-refractivity contribution is 0.458. The normalized spacial score (nSPS) is 10.8. The molecule has 0 radical (unpaired) electrons. The van der Waals surface area contributed by atoms with Crippen LogP contribution in [0.25, 0.3) is 0 Å². The molecule has 18 heavy (non-hydrogen) atoms. The van der Waals surface area contributed by atoms with Gasteiger partial charge in [-0.05, 0) is 48.8 Å². The molecule has 0 atom stereocenters. The SMILES string of the molecule is CCCCc1cc(CCC)cc(CCCC)c1O. The highest BCUT2D eigenvalue weighted by Gasteiger charge is 2.09. The van der Waals surface area contributed by atoms with Gasteiger partial charge in [0, 0.05) is 0 Å². The molecule has 0 aliphatic carbocycles. The molecule has 0 saturated heterocycles. The molecule has 0 spiro atoms. The number of phenols is 1. The minimum absolute atomic E-state index is 0.566. The van der Waals surface area contributed by atoms with E-state index < -0.39 is 0 Å². The summed E-state index contributed by atoms with van der Waals surface area (Å²) < 4.78 is 0. The van der Waals surface area contributed by atoms with Gasteiger partial charge in [-0.1, -0.05) is 52.2 Å². The lowest BCUT2D eigenvalue weighted by atomic mass is 9.95. The Labute approximate surface area is 112 Å². The molecule has 0 fully saturated rings. The highest BCUT2D eigenvalue weighted by atomic mass is 16.3. The van der Waals surface area contributed by atoms with Crippen LogP contribution in [-0.2, 0) is 19.3 Å². The van der Waals surface area contributed by atoms with Crippen molar-refractivity contribution in [3.63, 3.8) is 0 Å². The minimum Gasteiger partial charge on any atom is -0.507 e. The van der Waals surface area contributed by atoms with E-state index >= 15 is 0 Å². The van der Waals surface area contributed by atoms with Gasteiger partial charge in [-0.2, -0.15) is 0 Å². The summed E-state index contributed by atoms with van der Waals surface area (Å²) in [6.07, 6.45) is 9.01. The van der Waals surface area contributed by atoms with Gasteiger partial charge >= 0.3 is 0 Å². The van der Waals surface area contributed by atoms with Crippen LogP contribution < -0.4 is 0 Å². The Morgan fingerprint density at radius 1 is 0.778 bits per heavy atom. The summed E-state index contributed by atoms with van der Waals surface area (Å²) >= 11 is 0. The third-order valence-corrected chi connectivity index (χ3v) is 3.47. The molecule has 0 heterocycles. The van der Waals surface area contributed by atoms with Crippen molar-refractivity contribution in [2.75, 3.05) is 0 Å². The number of unbranched alkanes of at least 4 members (excludes halogenated alkanes) is 2. The van der Waals surface area contributed by atoms with Crippen LogP contribution in [0.3, 0.4) is 0 Å². The van der Waals surface area contributed by atoms with Gasteiger partial charge in [0.25, 0.3) is 0 Å². The number of hydrogen-bond acceptors (Lipinski definition) is 1. The van der Waals surface area contributed by atoms with Gasteiger partial charge < -0.3 is 5.11 Å². The number of aryl methyl sites for hydroxylation is 3. The average molecular weight is 248 g/mol. The molecule has 0 saturated carbocycles. The molecule has 0 bridgehead atoms. The Hall–Kier alpha value is -0.980. The maximum atomic E-state index is 10.3. The highest BCUT2D eigenvalue weighted by molar-refractivity contribution is 5.44. The van der Waals surface area contributed by atoms with Crippen LogP contribution >= 0.6 is 0 Å². The van der Waals surface area contributed by atoms with Crippen molar-refractivity contribution in [3.05, 3.63) is 28.8 Å². The zero-order valence-corrected chi connectivity index (χ0v) is 12.3. The number of benzene rings is 1. The van der Waals surface area contributed by atoms with E-state index in [4.69, 9.17) is 0 Å². The maximum Gasteiger partial charge on any atom is 0.121 e. The molecule has 102 valence electrons. The van der Waals surface area contributed by atoms with Crippen molar-refractivity contribution in [1.29, 1.82) is 0 Å². The van der Waals surface area contributed by atoms with E-state index in [0.29, 0.717) is 5.75 Å². The van der Waals surface area contributed by atoms with E-state index in [1.807, 2.05) is 0 Å². The number of rotatable bonds is 8. The number of phenolic OH excluding ortho intramolecular Hbond substituents is 1. The van der Waals surface area contributed by atoms with Gasteiger partial charge in [-0.15, -0.1) is 0 Å². The minimum atomic E-state index is 0.566. The summed E-state index contributed by atoms with van der Waals surface area (Å²) in [5, 5.41) is 10.3. The van der Waals surface area contributed by atoms with Gasteiger partial charge in [0.2, 0.25) is 0 Å². The number of hydrogen-bond donors (Lipinski definition) is 1. The second kappa shape index (κ2) is 8.18. The Kier molecular flexibility index (Phi) is 6.85. The molecule has 0 unspecified atom stereocenters. The Morgan fingerprint density at radius 3 is 1.67 bits per heavy atom.